The summed E-state index contributed by atoms with van der Waals surface area (Å²) < 4.78 is 12.6. The Morgan fingerprint density at radius 3 is 2.64 bits per heavy atom. The highest BCUT2D eigenvalue weighted by Gasteiger charge is 2.12. The Morgan fingerprint density at radius 2 is 1.96 bits per heavy atom. The van der Waals surface area contributed by atoms with Crippen LogP contribution in [0, 0.1) is 34.6 Å². The maximum atomic E-state index is 12.0. The highest BCUT2D eigenvalue weighted by Crippen LogP contribution is 2.19. The van der Waals surface area contributed by atoms with E-state index in [-0.39, 0.29) is 12.5 Å². The first-order valence-corrected chi connectivity index (χ1v) is 8.99. The van der Waals surface area contributed by atoms with Crippen molar-refractivity contribution in [3.8, 4) is 11.6 Å². The predicted octanol–water partition coefficient (Wildman–Crippen LogP) is 3.54. The van der Waals surface area contributed by atoms with E-state index < -0.39 is 0 Å². The largest absolute Gasteiger partial charge is 0.484 e. The number of aryl methyl sites for hydroxylation is 4. The lowest BCUT2D eigenvalue weighted by Gasteiger charge is -2.07. The highest BCUT2D eigenvalue weighted by atomic mass is 16.5. The molecule has 3 rings (SSSR count). The Kier molecular flexibility index (Phi) is 5.63. The molecule has 1 aromatic carbocycles. The first-order chi connectivity index (χ1) is 13.3. The van der Waals surface area contributed by atoms with Crippen molar-refractivity contribution in [3.05, 3.63) is 64.2 Å². The molecule has 0 aliphatic carbocycles. The fourth-order valence-electron chi connectivity index (χ4n) is 2.89. The zero-order valence-electron chi connectivity index (χ0n) is 16.7. The van der Waals surface area contributed by atoms with Gasteiger partial charge in [-0.3, -0.25) is 9.36 Å². The second-order valence-electron chi connectivity index (χ2n) is 6.79. The molecule has 0 fully saturated rings. The Morgan fingerprint density at radius 1 is 1.18 bits per heavy atom. The Balaban J connectivity index is 1.60. The van der Waals surface area contributed by atoms with Gasteiger partial charge in [0.05, 0.1) is 6.21 Å². The number of amides is 1. The molecule has 7 heteroatoms. The highest BCUT2D eigenvalue weighted by molar-refractivity contribution is 5.84. The molecular weight excluding hydrogens is 356 g/mol. The topological polar surface area (TPSA) is 81.7 Å². The summed E-state index contributed by atoms with van der Waals surface area (Å²) in [5.41, 5.74) is 7.62. The lowest BCUT2D eigenvalue weighted by molar-refractivity contribution is -0.123. The molecule has 0 bridgehead atoms. The van der Waals surface area contributed by atoms with E-state index in [1.54, 1.807) is 6.21 Å². The van der Waals surface area contributed by atoms with Gasteiger partial charge in [-0.2, -0.15) is 5.10 Å². The van der Waals surface area contributed by atoms with Crippen molar-refractivity contribution in [2.45, 2.75) is 34.6 Å². The second-order valence-corrected chi connectivity index (χ2v) is 6.79. The molecule has 0 radical (unpaired) electrons. The summed E-state index contributed by atoms with van der Waals surface area (Å²) in [6.45, 7) is 9.72. The van der Waals surface area contributed by atoms with E-state index in [4.69, 9.17) is 9.26 Å². The second kappa shape index (κ2) is 8.12. The van der Waals surface area contributed by atoms with Gasteiger partial charge in [-0.25, -0.2) is 5.43 Å². The molecule has 28 heavy (non-hydrogen) atoms. The van der Waals surface area contributed by atoms with Gasteiger partial charge in [0.2, 0.25) is 0 Å². The lowest BCUT2D eigenvalue weighted by atomic mass is 10.1. The molecule has 0 aliphatic rings. The zero-order chi connectivity index (χ0) is 20.3. The summed E-state index contributed by atoms with van der Waals surface area (Å²) in [5, 5.41) is 8.09. The van der Waals surface area contributed by atoms with Gasteiger partial charge in [-0.15, -0.1) is 0 Å². The summed E-state index contributed by atoms with van der Waals surface area (Å²) in [4.78, 5) is 12.0. The normalized spacial score (nSPS) is 11.2. The number of benzene rings is 1. The van der Waals surface area contributed by atoms with Crippen LogP contribution in [0.1, 0.15) is 33.8 Å². The van der Waals surface area contributed by atoms with Crippen LogP contribution >= 0.6 is 0 Å². The molecule has 0 saturated heterocycles. The molecule has 7 nitrogen and oxygen atoms in total. The average Bonchev–Trinajstić information content (AvgIpc) is 3.19. The lowest BCUT2D eigenvalue weighted by Crippen LogP contribution is -2.24. The summed E-state index contributed by atoms with van der Waals surface area (Å²) in [7, 11) is 0. The third-order valence-electron chi connectivity index (χ3n) is 4.56. The molecule has 0 atom stereocenters. The van der Waals surface area contributed by atoms with E-state index >= 15 is 0 Å². The van der Waals surface area contributed by atoms with Crippen molar-refractivity contribution in [2.75, 3.05) is 6.61 Å². The van der Waals surface area contributed by atoms with Gasteiger partial charge >= 0.3 is 0 Å². The van der Waals surface area contributed by atoms with Gasteiger partial charge < -0.3 is 9.26 Å². The number of carbonyl (C=O) groups excluding carboxylic acids is 1. The Bertz CT molecular complexity index is 1030. The van der Waals surface area contributed by atoms with Crippen molar-refractivity contribution in [2.24, 2.45) is 5.10 Å². The van der Waals surface area contributed by atoms with Crippen LogP contribution in [0.3, 0.4) is 0 Å². The van der Waals surface area contributed by atoms with Gasteiger partial charge in [0.1, 0.15) is 11.5 Å². The quantitative estimate of drug-likeness (QED) is 0.524. The van der Waals surface area contributed by atoms with Gasteiger partial charge in [-0.1, -0.05) is 11.2 Å². The van der Waals surface area contributed by atoms with E-state index in [9.17, 15) is 4.79 Å². The first-order valence-electron chi connectivity index (χ1n) is 8.99. The number of carbonyl (C=O) groups is 1. The standard InChI is InChI=1S/C21H24N4O3/c1-13-6-7-19(8-14(13)2)27-12-21(26)23-22-11-18-9-15(3)25(17(18)5)20-10-16(4)28-24-20/h6-11H,12H2,1-5H3,(H,23,26)/b22-11+. The summed E-state index contributed by atoms with van der Waals surface area (Å²) in [5.74, 6) is 1.80. The van der Waals surface area contributed by atoms with Crippen LogP contribution in [0.2, 0.25) is 0 Å². The van der Waals surface area contributed by atoms with Crippen LogP contribution in [-0.4, -0.2) is 28.5 Å². The summed E-state index contributed by atoms with van der Waals surface area (Å²) in [6.07, 6.45) is 1.61. The molecule has 0 spiro atoms. The van der Waals surface area contributed by atoms with E-state index in [0.717, 1.165) is 34.1 Å². The van der Waals surface area contributed by atoms with Crippen molar-refractivity contribution in [1.29, 1.82) is 0 Å². The summed E-state index contributed by atoms with van der Waals surface area (Å²) in [6, 6.07) is 9.56. The van der Waals surface area contributed by atoms with E-state index in [1.807, 2.05) is 69.5 Å². The van der Waals surface area contributed by atoms with Crippen molar-refractivity contribution in [1.82, 2.24) is 15.1 Å². The molecule has 1 N–H and O–H groups in total. The third-order valence-corrected chi connectivity index (χ3v) is 4.56. The number of hydrogen-bond donors (Lipinski definition) is 1. The minimum absolute atomic E-state index is 0.100. The van der Waals surface area contributed by atoms with Crippen LogP contribution in [0.25, 0.3) is 5.82 Å². The van der Waals surface area contributed by atoms with Crippen LogP contribution in [-0.2, 0) is 4.79 Å². The number of hydrazone groups is 1. The molecule has 2 aromatic heterocycles. The molecule has 0 saturated carbocycles. The molecule has 1 amide bonds. The minimum Gasteiger partial charge on any atom is -0.484 e. The third kappa shape index (κ3) is 4.31. The minimum atomic E-state index is -0.324. The van der Waals surface area contributed by atoms with Crippen molar-refractivity contribution >= 4 is 12.1 Å². The van der Waals surface area contributed by atoms with E-state index in [2.05, 4.69) is 15.7 Å². The number of aromatic nitrogens is 2. The summed E-state index contributed by atoms with van der Waals surface area (Å²) >= 11 is 0. The molecule has 3 aromatic rings. The molecule has 0 aliphatic heterocycles. The van der Waals surface area contributed by atoms with Gasteiger partial charge in [-0.05, 0) is 63.9 Å². The number of nitrogens with zero attached hydrogens (tertiary/aromatic N) is 3. The van der Waals surface area contributed by atoms with Crippen LogP contribution in [0.4, 0.5) is 0 Å². The van der Waals surface area contributed by atoms with E-state index in [1.165, 1.54) is 5.56 Å². The number of ether oxygens (including phenoxy) is 1. The molecule has 0 unspecified atom stereocenters. The number of rotatable bonds is 6. The fourth-order valence-corrected chi connectivity index (χ4v) is 2.89. The zero-order valence-corrected chi connectivity index (χ0v) is 16.7. The van der Waals surface area contributed by atoms with Crippen LogP contribution in [0.15, 0.2) is 40.0 Å². The van der Waals surface area contributed by atoms with Crippen LogP contribution in [0.5, 0.6) is 5.75 Å². The SMILES string of the molecule is Cc1cc(-n2c(C)cc(/C=N/NC(=O)COc3ccc(C)c(C)c3)c2C)no1. The van der Waals surface area contributed by atoms with Crippen molar-refractivity contribution in [3.63, 3.8) is 0 Å². The van der Waals surface area contributed by atoms with Crippen LogP contribution < -0.4 is 10.2 Å². The Hall–Kier alpha value is -3.35. The molecular formula is C21H24N4O3. The number of nitrogens with one attached hydrogen (secondary N) is 1. The molecule has 146 valence electrons. The number of hydrogen-bond acceptors (Lipinski definition) is 5. The fraction of sp³-hybridized carbons (Fsp3) is 0.286. The maximum Gasteiger partial charge on any atom is 0.277 e. The van der Waals surface area contributed by atoms with E-state index in [0.29, 0.717) is 5.75 Å². The van der Waals surface area contributed by atoms with Gasteiger partial charge in [0, 0.05) is 23.0 Å². The van der Waals surface area contributed by atoms with Gasteiger partial charge in [0.15, 0.2) is 12.4 Å². The first kappa shape index (κ1) is 19.4. The van der Waals surface area contributed by atoms with Gasteiger partial charge in [0.25, 0.3) is 5.91 Å². The molecule has 2 heterocycles. The average molecular weight is 380 g/mol. The predicted molar refractivity (Wildman–Crippen MR) is 107 cm³/mol. The Labute approximate surface area is 164 Å². The monoisotopic (exact) mass is 380 g/mol. The van der Waals surface area contributed by atoms with Crippen molar-refractivity contribution < 1.29 is 14.1 Å². The smallest absolute Gasteiger partial charge is 0.277 e. The maximum absolute atomic E-state index is 12.0.